The first-order valence-electron chi connectivity index (χ1n) is 6.10. The number of rotatable bonds is 6. The van der Waals surface area contributed by atoms with Crippen LogP contribution in [0.4, 0.5) is 11.4 Å². The van der Waals surface area contributed by atoms with Crippen LogP contribution >= 0.6 is 11.6 Å². The lowest BCUT2D eigenvalue weighted by atomic mass is 10.2. The standard InChI is InChI=1S/C13H20ClN3O/c1-4-15-12(18)8-16-11-7-5-6-10(14)13(11)17-9(2)3/h5-7,9,16-17H,4,8H2,1-3H3,(H,15,18). The van der Waals surface area contributed by atoms with Crippen molar-refractivity contribution in [3.05, 3.63) is 23.2 Å². The van der Waals surface area contributed by atoms with Crippen LogP contribution < -0.4 is 16.0 Å². The summed E-state index contributed by atoms with van der Waals surface area (Å²) in [5, 5.41) is 9.74. The number of para-hydroxylation sites is 1. The summed E-state index contributed by atoms with van der Waals surface area (Å²) in [7, 11) is 0. The molecule has 0 aliphatic rings. The smallest absolute Gasteiger partial charge is 0.239 e. The van der Waals surface area contributed by atoms with Crippen molar-refractivity contribution in [2.75, 3.05) is 23.7 Å². The molecule has 4 nitrogen and oxygen atoms in total. The van der Waals surface area contributed by atoms with Crippen molar-refractivity contribution in [1.82, 2.24) is 5.32 Å². The highest BCUT2D eigenvalue weighted by molar-refractivity contribution is 6.34. The fourth-order valence-corrected chi connectivity index (χ4v) is 1.77. The average molecular weight is 270 g/mol. The first-order valence-corrected chi connectivity index (χ1v) is 6.48. The second-order valence-electron chi connectivity index (χ2n) is 4.27. The zero-order chi connectivity index (χ0) is 13.5. The number of carbonyl (C=O) groups excluding carboxylic acids is 1. The number of likely N-dealkylation sites (N-methyl/N-ethyl adjacent to an activating group) is 1. The third kappa shape index (κ3) is 4.45. The van der Waals surface area contributed by atoms with Crippen molar-refractivity contribution in [1.29, 1.82) is 0 Å². The molecule has 1 aromatic carbocycles. The number of hydrogen-bond donors (Lipinski definition) is 3. The highest BCUT2D eigenvalue weighted by Gasteiger charge is 2.08. The Morgan fingerprint density at radius 3 is 2.72 bits per heavy atom. The molecule has 18 heavy (non-hydrogen) atoms. The maximum absolute atomic E-state index is 11.4. The second-order valence-corrected chi connectivity index (χ2v) is 4.68. The number of benzene rings is 1. The van der Waals surface area contributed by atoms with Gasteiger partial charge in [-0.2, -0.15) is 0 Å². The number of halogens is 1. The average Bonchev–Trinajstić information content (AvgIpc) is 2.30. The summed E-state index contributed by atoms with van der Waals surface area (Å²) in [5.74, 6) is -0.0343. The first kappa shape index (κ1) is 14.6. The third-order valence-corrected chi connectivity index (χ3v) is 2.57. The molecule has 0 radical (unpaired) electrons. The summed E-state index contributed by atoms with van der Waals surface area (Å²) in [5.41, 5.74) is 1.67. The van der Waals surface area contributed by atoms with Gasteiger partial charge in [0.25, 0.3) is 0 Å². The monoisotopic (exact) mass is 269 g/mol. The maximum Gasteiger partial charge on any atom is 0.239 e. The van der Waals surface area contributed by atoms with Crippen LogP contribution in [0, 0.1) is 0 Å². The Hall–Kier alpha value is -1.42. The van der Waals surface area contributed by atoms with Crippen LogP contribution in [0.15, 0.2) is 18.2 Å². The van der Waals surface area contributed by atoms with Crippen LogP contribution in [0.25, 0.3) is 0 Å². The molecule has 0 heterocycles. The Morgan fingerprint density at radius 2 is 2.11 bits per heavy atom. The van der Waals surface area contributed by atoms with Gasteiger partial charge in [-0.3, -0.25) is 4.79 Å². The molecule has 0 aliphatic heterocycles. The predicted molar refractivity (Wildman–Crippen MR) is 77.4 cm³/mol. The molecule has 0 aromatic heterocycles. The van der Waals surface area contributed by atoms with Crippen molar-refractivity contribution < 1.29 is 4.79 Å². The van der Waals surface area contributed by atoms with E-state index in [1.807, 2.05) is 39.0 Å². The fraction of sp³-hybridized carbons (Fsp3) is 0.462. The molecule has 1 rings (SSSR count). The normalized spacial score (nSPS) is 10.3. The molecule has 1 amide bonds. The molecular weight excluding hydrogens is 250 g/mol. The Morgan fingerprint density at radius 1 is 1.39 bits per heavy atom. The van der Waals surface area contributed by atoms with E-state index in [-0.39, 0.29) is 18.5 Å². The molecule has 0 aliphatic carbocycles. The SMILES string of the molecule is CCNC(=O)CNc1cccc(Cl)c1NC(C)C. The minimum Gasteiger partial charge on any atom is -0.380 e. The molecule has 0 fully saturated rings. The van der Waals surface area contributed by atoms with Crippen molar-refractivity contribution >= 4 is 28.9 Å². The van der Waals surface area contributed by atoms with E-state index in [9.17, 15) is 4.79 Å². The number of carbonyl (C=O) groups is 1. The Bertz CT molecular complexity index is 407. The van der Waals surface area contributed by atoms with Crippen LogP contribution in [0.2, 0.25) is 5.02 Å². The van der Waals surface area contributed by atoms with Gasteiger partial charge in [-0.25, -0.2) is 0 Å². The van der Waals surface area contributed by atoms with E-state index < -0.39 is 0 Å². The predicted octanol–water partition coefficient (Wildman–Crippen LogP) is 2.71. The van der Waals surface area contributed by atoms with Crippen LogP contribution in [0.3, 0.4) is 0 Å². The van der Waals surface area contributed by atoms with Crippen molar-refractivity contribution in [2.45, 2.75) is 26.8 Å². The number of anilines is 2. The summed E-state index contributed by atoms with van der Waals surface area (Å²) in [6.45, 7) is 6.84. The summed E-state index contributed by atoms with van der Waals surface area (Å²) in [6.07, 6.45) is 0. The quantitative estimate of drug-likeness (QED) is 0.744. The minimum atomic E-state index is -0.0343. The molecule has 1 aromatic rings. The molecular formula is C13H20ClN3O. The molecule has 0 saturated heterocycles. The Balaban J connectivity index is 2.75. The van der Waals surface area contributed by atoms with Gasteiger partial charge in [0.2, 0.25) is 5.91 Å². The molecule has 0 atom stereocenters. The summed E-state index contributed by atoms with van der Waals surface area (Å²) in [4.78, 5) is 11.4. The maximum atomic E-state index is 11.4. The fourth-order valence-electron chi connectivity index (χ4n) is 1.54. The van der Waals surface area contributed by atoms with Gasteiger partial charge in [-0.05, 0) is 32.9 Å². The molecule has 100 valence electrons. The van der Waals surface area contributed by atoms with Gasteiger partial charge in [0.1, 0.15) is 0 Å². The van der Waals surface area contributed by atoms with E-state index in [2.05, 4.69) is 16.0 Å². The van der Waals surface area contributed by atoms with E-state index >= 15 is 0 Å². The van der Waals surface area contributed by atoms with Crippen molar-refractivity contribution in [2.24, 2.45) is 0 Å². The van der Waals surface area contributed by atoms with Gasteiger partial charge in [0.05, 0.1) is 22.9 Å². The second kappa shape index (κ2) is 7.11. The van der Waals surface area contributed by atoms with Crippen molar-refractivity contribution in [3.8, 4) is 0 Å². The lowest BCUT2D eigenvalue weighted by molar-refractivity contribution is -0.119. The van der Waals surface area contributed by atoms with E-state index in [1.54, 1.807) is 0 Å². The lowest BCUT2D eigenvalue weighted by Gasteiger charge is -2.17. The molecule has 0 saturated carbocycles. The summed E-state index contributed by atoms with van der Waals surface area (Å²) in [6, 6.07) is 5.85. The van der Waals surface area contributed by atoms with Gasteiger partial charge in [0.15, 0.2) is 0 Å². The highest BCUT2D eigenvalue weighted by atomic mass is 35.5. The largest absolute Gasteiger partial charge is 0.380 e. The lowest BCUT2D eigenvalue weighted by Crippen LogP contribution is -2.29. The molecule has 0 unspecified atom stereocenters. The summed E-state index contributed by atoms with van der Waals surface area (Å²) >= 11 is 6.15. The van der Waals surface area contributed by atoms with Crippen LogP contribution in [-0.4, -0.2) is 25.0 Å². The molecule has 3 N–H and O–H groups in total. The van der Waals surface area contributed by atoms with Gasteiger partial charge >= 0.3 is 0 Å². The third-order valence-electron chi connectivity index (χ3n) is 2.26. The Kier molecular flexibility index (Phi) is 5.78. The van der Waals surface area contributed by atoms with Crippen molar-refractivity contribution in [3.63, 3.8) is 0 Å². The van der Waals surface area contributed by atoms with Gasteiger partial charge in [-0.15, -0.1) is 0 Å². The van der Waals surface area contributed by atoms with Gasteiger partial charge in [-0.1, -0.05) is 17.7 Å². The van der Waals surface area contributed by atoms with Crippen LogP contribution in [0.5, 0.6) is 0 Å². The van der Waals surface area contributed by atoms with Gasteiger partial charge < -0.3 is 16.0 Å². The van der Waals surface area contributed by atoms with Crippen LogP contribution in [-0.2, 0) is 4.79 Å². The topological polar surface area (TPSA) is 53.2 Å². The van der Waals surface area contributed by atoms with Crippen LogP contribution in [0.1, 0.15) is 20.8 Å². The zero-order valence-corrected chi connectivity index (χ0v) is 11.8. The number of amides is 1. The minimum absolute atomic E-state index is 0.0343. The number of hydrogen-bond acceptors (Lipinski definition) is 3. The number of nitrogens with one attached hydrogen (secondary N) is 3. The molecule has 0 spiro atoms. The van der Waals surface area contributed by atoms with E-state index in [4.69, 9.17) is 11.6 Å². The first-order chi connectivity index (χ1) is 8.54. The molecule has 5 heteroatoms. The van der Waals surface area contributed by atoms with E-state index in [0.717, 1.165) is 11.4 Å². The van der Waals surface area contributed by atoms with E-state index in [1.165, 1.54) is 0 Å². The Labute approximate surface area is 113 Å². The van der Waals surface area contributed by atoms with Gasteiger partial charge in [0, 0.05) is 12.6 Å². The molecule has 0 bridgehead atoms. The summed E-state index contributed by atoms with van der Waals surface area (Å²) < 4.78 is 0. The highest BCUT2D eigenvalue weighted by Crippen LogP contribution is 2.30. The zero-order valence-electron chi connectivity index (χ0n) is 11.0. The van der Waals surface area contributed by atoms with E-state index in [0.29, 0.717) is 11.6 Å².